The number of fused-ring (bicyclic) bond motifs is 1. The number of carboxylic acids is 1. The minimum atomic E-state index is -1.23. The molecule has 0 saturated carbocycles. The molecule has 0 radical (unpaired) electrons. The Morgan fingerprint density at radius 2 is 1.94 bits per heavy atom. The van der Waals surface area contributed by atoms with Gasteiger partial charge in [0.2, 0.25) is 0 Å². The molecule has 4 N–H and O–H groups in total. The summed E-state index contributed by atoms with van der Waals surface area (Å²) in [7, 11) is 0. The number of carboxylic acid groups (broad SMARTS) is 1. The number of anilines is 1. The fraction of sp³-hybridized carbons (Fsp3) is 0.0833. The first-order valence-electron chi connectivity index (χ1n) is 10.2. The number of benzene rings is 2. The van der Waals surface area contributed by atoms with Crippen LogP contribution in [0.4, 0.5) is 15.9 Å². The maximum atomic E-state index is 14.5. The summed E-state index contributed by atoms with van der Waals surface area (Å²) in [5.74, 6) is -2.51. The summed E-state index contributed by atoms with van der Waals surface area (Å²) in [5.41, 5.74) is 10.1. The van der Waals surface area contributed by atoms with E-state index in [2.05, 4.69) is 25.7 Å². The summed E-state index contributed by atoms with van der Waals surface area (Å²) < 4.78 is 14.5. The number of hydrogen-bond acceptors (Lipinski definition) is 7. The molecule has 9 nitrogen and oxygen atoms in total. The van der Waals surface area contributed by atoms with E-state index in [1.165, 1.54) is 12.1 Å². The molecule has 10 heteroatoms. The highest BCUT2D eigenvalue weighted by Crippen LogP contribution is 2.29. The molecule has 4 rings (SSSR count). The summed E-state index contributed by atoms with van der Waals surface area (Å²) in [6.45, 7) is -0.191. The molecule has 0 aliphatic heterocycles. The van der Waals surface area contributed by atoms with Gasteiger partial charge < -0.3 is 15.7 Å². The lowest BCUT2D eigenvalue weighted by atomic mass is 10.1. The summed E-state index contributed by atoms with van der Waals surface area (Å²) in [6, 6.07) is 16.8. The Balaban J connectivity index is 1.55. The number of carbonyl (C=O) groups is 2. The van der Waals surface area contributed by atoms with Crippen molar-refractivity contribution in [3.8, 4) is 11.3 Å². The molecule has 2 heterocycles. The van der Waals surface area contributed by atoms with Gasteiger partial charge in [0.1, 0.15) is 18.0 Å². The first-order valence-corrected chi connectivity index (χ1v) is 10.2. The van der Waals surface area contributed by atoms with Crippen LogP contribution in [0.3, 0.4) is 0 Å². The van der Waals surface area contributed by atoms with Crippen molar-refractivity contribution >= 4 is 34.3 Å². The standard InChI is InChI=1S/C24H19FN6O3/c25-18-11-16(4-5-17(18)24(34)29-13-22(32)33)20-7-8-21(31-26)23(30-20)28-12-14-3-6-19-15(10-14)2-1-9-27-19/h1-11,26H,12-13H2,(H,28,30)(H,29,34)(H,32,33). The van der Waals surface area contributed by atoms with E-state index >= 15 is 0 Å². The molecule has 0 atom stereocenters. The normalized spacial score (nSPS) is 10.6. The highest BCUT2D eigenvalue weighted by molar-refractivity contribution is 5.96. The lowest BCUT2D eigenvalue weighted by Crippen LogP contribution is -2.29. The summed E-state index contributed by atoms with van der Waals surface area (Å²) in [4.78, 5) is 31.4. The first-order chi connectivity index (χ1) is 16.4. The van der Waals surface area contributed by atoms with E-state index in [-0.39, 0.29) is 5.56 Å². The highest BCUT2D eigenvalue weighted by Gasteiger charge is 2.15. The zero-order valence-electron chi connectivity index (χ0n) is 17.7. The van der Waals surface area contributed by atoms with Crippen molar-refractivity contribution in [2.75, 3.05) is 11.9 Å². The lowest BCUT2D eigenvalue weighted by molar-refractivity contribution is -0.135. The smallest absolute Gasteiger partial charge is 0.322 e. The molecule has 0 spiro atoms. The fourth-order valence-electron chi connectivity index (χ4n) is 3.36. The molecule has 170 valence electrons. The zero-order chi connectivity index (χ0) is 24.1. The van der Waals surface area contributed by atoms with Gasteiger partial charge >= 0.3 is 5.97 Å². The van der Waals surface area contributed by atoms with Gasteiger partial charge in [0, 0.05) is 23.7 Å². The summed E-state index contributed by atoms with van der Waals surface area (Å²) >= 11 is 0. The average Bonchev–Trinajstić information content (AvgIpc) is 2.85. The number of hydrogen-bond donors (Lipinski definition) is 4. The summed E-state index contributed by atoms with van der Waals surface area (Å²) in [6.07, 6.45) is 1.73. The second kappa shape index (κ2) is 9.82. The van der Waals surface area contributed by atoms with Crippen LogP contribution in [0.25, 0.3) is 22.2 Å². The Morgan fingerprint density at radius 3 is 2.71 bits per heavy atom. The van der Waals surface area contributed by atoms with Crippen molar-refractivity contribution in [3.63, 3.8) is 0 Å². The quantitative estimate of drug-likeness (QED) is 0.286. The molecular formula is C24H19FN6O3. The molecule has 0 saturated heterocycles. The molecule has 0 unspecified atom stereocenters. The maximum Gasteiger partial charge on any atom is 0.322 e. The topological polar surface area (TPSA) is 140 Å². The third kappa shape index (κ3) is 5.01. The van der Waals surface area contributed by atoms with Crippen molar-refractivity contribution in [2.24, 2.45) is 5.11 Å². The van der Waals surface area contributed by atoms with Crippen molar-refractivity contribution in [1.29, 1.82) is 5.53 Å². The predicted molar refractivity (Wildman–Crippen MR) is 123 cm³/mol. The molecule has 0 fully saturated rings. The van der Waals surface area contributed by atoms with Crippen LogP contribution in [0.5, 0.6) is 0 Å². The number of nitrogens with one attached hydrogen (secondary N) is 3. The van der Waals surface area contributed by atoms with Gasteiger partial charge in [-0.3, -0.25) is 14.6 Å². The number of pyridine rings is 2. The van der Waals surface area contributed by atoms with E-state index in [9.17, 15) is 14.0 Å². The average molecular weight is 458 g/mol. The van der Waals surface area contributed by atoms with Crippen LogP contribution in [0.15, 0.2) is 72.0 Å². The maximum absolute atomic E-state index is 14.5. The Bertz CT molecular complexity index is 1410. The molecule has 2 aromatic carbocycles. The van der Waals surface area contributed by atoms with Gasteiger partial charge in [-0.25, -0.2) is 14.9 Å². The summed E-state index contributed by atoms with van der Waals surface area (Å²) in [5, 5.41) is 18.4. The Morgan fingerprint density at radius 1 is 1.09 bits per heavy atom. The van der Waals surface area contributed by atoms with E-state index < -0.39 is 24.2 Å². The Labute approximate surface area is 193 Å². The lowest BCUT2D eigenvalue weighted by Gasteiger charge is -2.11. The van der Waals surface area contributed by atoms with Gasteiger partial charge in [0.25, 0.3) is 5.91 Å². The number of halogens is 1. The third-order valence-corrected chi connectivity index (χ3v) is 5.03. The number of carbonyl (C=O) groups excluding carboxylic acids is 1. The van der Waals surface area contributed by atoms with E-state index in [0.29, 0.717) is 29.3 Å². The van der Waals surface area contributed by atoms with Crippen molar-refractivity contribution in [1.82, 2.24) is 15.3 Å². The zero-order valence-corrected chi connectivity index (χ0v) is 17.7. The molecule has 0 aliphatic carbocycles. The number of amides is 1. The van der Waals surface area contributed by atoms with Gasteiger partial charge in [-0.1, -0.05) is 18.2 Å². The minimum absolute atomic E-state index is 0.271. The van der Waals surface area contributed by atoms with Crippen molar-refractivity contribution in [2.45, 2.75) is 6.54 Å². The van der Waals surface area contributed by atoms with Crippen molar-refractivity contribution < 1.29 is 19.1 Å². The highest BCUT2D eigenvalue weighted by atomic mass is 19.1. The Hall–Kier alpha value is -4.73. The third-order valence-electron chi connectivity index (χ3n) is 5.03. The van der Waals surface area contributed by atoms with Gasteiger partial charge in [-0.15, -0.1) is 0 Å². The fourth-order valence-corrected chi connectivity index (χ4v) is 3.36. The van der Waals surface area contributed by atoms with Gasteiger partial charge in [-0.05, 0) is 48.0 Å². The predicted octanol–water partition coefficient (Wildman–Crippen LogP) is 4.52. The first kappa shape index (κ1) is 22.5. The van der Waals surface area contributed by atoms with E-state index in [0.717, 1.165) is 22.5 Å². The van der Waals surface area contributed by atoms with Crippen LogP contribution in [-0.4, -0.2) is 33.5 Å². The van der Waals surface area contributed by atoms with Gasteiger partial charge in [0.05, 0.1) is 16.8 Å². The number of aliphatic carboxylic acids is 1. The molecule has 0 bridgehead atoms. The number of rotatable bonds is 8. The molecule has 1 amide bonds. The SMILES string of the molecule is N=Nc1ccc(-c2ccc(C(=O)NCC(=O)O)c(F)c2)nc1NCc1ccc2ncccc2c1. The number of aromatic nitrogens is 2. The Kier molecular flexibility index (Phi) is 6.49. The van der Waals surface area contributed by atoms with E-state index in [1.54, 1.807) is 18.3 Å². The van der Waals surface area contributed by atoms with E-state index in [4.69, 9.17) is 10.6 Å². The molecule has 34 heavy (non-hydrogen) atoms. The van der Waals surface area contributed by atoms with Crippen LogP contribution in [0.2, 0.25) is 0 Å². The van der Waals surface area contributed by atoms with Crippen LogP contribution in [0.1, 0.15) is 15.9 Å². The monoisotopic (exact) mass is 458 g/mol. The second-order valence-corrected chi connectivity index (χ2v) is 7.33. The largest absolute Gasteiger partial charge is 0.480 e. The molecule has 0 aliphatic rings. The van der Waals surface area contributed by atoms with Crippen LogP contribution in [-0.2, 0) is 11.3 Å². The number of nitrogens with zero attached hydrogens (tertiary/aromatic N) is 3. The van der Waals surface area contributed by atoms with Crippen LogP contribution in [0, 0.1) is 11.3 Å². The minimum Gasteiger partial charge on any atom is -0.480 e. The van der Waals surface area contributed by atoms with Crippen LogP contribution < -0.4 is 10.6 Å². The second-order valence-electron chi connectivity index (χ2n) is 7.33. The molecule has 2 aromatic heterocycles. The van der Waals surface area contributed by atoms with E-state index in [1.807, 2.05) is 30.3 Å². The molecular weight excluding hydrogens is 439 g/mol. The van der Waals surface area contributed by atoms with Crippen molar-refractivity contribution in [3.05, 3.63) is 83.8 Å². The van der Waals surface area contributed by atoms with Crippen LogP contribution >= 0.6 is 0 Å². The van der Waals surface area contributed by atoms with Gasteiger partial charge in [0.15, 0.2) is 5.82 Å². The molecule has 4 aromatic rings. The van der Waals surface area contributed by atoms with Gasteiger partial charge in [-0.2, -0.15) is 5.11 Å².